The van der Waals surface area contributed by atoms with Crippen molar-refractivity contribution in [3.8, 4) is 5.88 Å². The SMILES string of the molecule is Cl.NCc1cc(OCc2cccc(C(=O)NCc3cc4cccnc4[nH]3)c2)ncn1. The molecule has 0 bridgehead atoms. The minimum atomic E-state index is -0.161. The van der Waals surface area contributed by atoms with E-state index in [0.29, 0.717) is 30.2 Å². The van der Waals surface area contributed by atoms with E-state index < -0.39 is 0 Å². The Morgan fingerprint density at radius 3 is 2.83 bits per heavy atom. The molecule has 0 atom stereocenters. The molecule has 0 aliphatic heterocycles. The van der Waals surface area contributed by atoms with E-state index in [1.807, 2.05) is 30.3 Å². The largest absolute Gasteiger partial charge is 0.473 e. The Morgan fingerprint density at radius 2 is 2.00 bits per heavy atom. The molecule has 0 radical (unpaired) electrons. The van der Waals surface area contributed by atoms with E-state index >= 15 is 0 Å². The topological polar surface area (TPSA) is 119 Å². The van der Waals surface area contributed by atoms with Crippen LogP contribution in [0.5, 0.6) is 5.88 Å². The van der Waals surface area contributed by atoms with Gasteiger partial charge in [-0.05, 0) is 35.9 Å². The van der Waals surface area contributed by atoms with Gasteiger partial charge in [0, 0.05) is 35.5 Å². The molecule has 9 heteroatoms. The van der Waals surface area contributed by atoms with Crippen molar-refractivity contribution >= 4 is 29.3 Å². The molecule has 0 aliphatic carbocycles. The van der Waals surface area contributed by atoms with Crippen molar-refractivity contribution in [1.82, 2.24) is 25.3 Å². The predicted octanol–water partition coefficient (Wildman–Crippen LogP) is 2.74. The smallest absolute Gasteiger partial charge is 0.251 e. The van der Waals surface area contributed by atoms with E-state index in [9.17, 15) is 4.79 Å². The number of carbonyl (C=O) groups excluding carboxylic acids is 1. The number of aromatic amines is 1. The standard InChI is InChI=1S/C21H20N6O2.ClH/c22-10-17-9-19(26-13-25-17)29-12-14-3-1-4-16(7-14)21(28)24-11-18-8-15-5-2-6-23-20(15)27-18;/h1-9,13H,10-12,22H2,(H,23,27)(H,24,28);1H. The highest BCUT2D eigenvalue weighted by molar-refractivity contribution is 5.94. The van der Waals surface area contributed by atoms with Gasteiger partial charge in [-0.1, -0.05) is 12.1 Å². The number of amides is 1. The average molecular weight is 425 g/mol. The van der Waals surface area contributed by atoms with Crippen molar-refractivity contribution < 1.29 is 9.53 Å². The van der Waals surface area contributed by atoms with Gasteiger partial charge in [-0.25, -0.2) is 15.0 Å². The van der Waals surface area contributed by atoms with E-state index in [1.165, 1.54) is 6.33 Å². The Morgan fingerprint density at radius 1 is 1.10 bits per heavy atom. The van der Waals surface area contributed by atoms with Gasteiger partial charge in [0.25, 0.3) is 5.91 Å². The first-order valence-corrected chi connectivity index (χ1v) is 9.15. The zero-order chi connectivity index (χ0) is 20.1. The summed E-state index contributed by atoms with van der Waals surface area (Å²) in [6, 6.07) is 14.8. The van der Waals surface area contributed by atoms with E-state index in [0.717, 1.165) is 22.3 Å². The highest BCUT2D eigenvalue weighted by atomic mass is 35.5. The molecule has 0 aliphatic rings. The lowest BCUT2D eigenvalue weighted by atomic mass is 10.1. The van der Waals surface area contributed by atoms with Gasteiger partial charge in [0.2, 0.25) is 5.88 Å². The van der Waals surface area contributed by atoms with Crippen LogP contribution in [0.25, 0.3) is 11.0 Å². The van der Waals surface area contributed by atoms with Crippen LogP contribution in [-0.4, -0.2) is 25.8 Å². The third-order valence-corrected chi connectivity index (χ3v) is 4.37. The molecule has 154 valence electrons. The van der Waals surface area contributed by atoms with Gasteiger partial charge in [0.05, 0.1) is 12.2 Å². The summed E-state index contributed by atoms with van der Waals surface area (Å²) in [5, 5.41) is 3.93. The number of carbonyl (C=O) groups is 1. The van der Waals surface area contributed by atoms with Crippen molar-refractivity contribution in [2.75, 3.05) is 0 Å². The lowest BCUT2D eigenvalue weighted by Gasteiger charge is -2.08. The van der Waals surface area contributed by atoms with Crippen LogP contribution in [0.2, 0.25) is 0 Å². The van der Waals surface area contributed by atoms with Crippen LogP contribution in [0.4, 0.5) is 0 Å². The summed E-state index contributed by atoms with van der Waals surface area (Å²) in [5.41, 5.74) is 9.40. The molecule has 1 amide bonds. The van der Waals surface area contributed by atoms with Crippen LogP contribution in [0.15, 0.2) is 61.1 Å². The van der Waals surface area contributed by atoms with Crippen molar-refractivity contribution in [3.05, 3.63) is 83.6 Å². The lowest BCUT2D eigenvalue weighted by Crippen LogP contribution is -2.23. The monoisotopic (exact) mass is 424 g/mol. The quantitative estimate of drug-likeness (QED) is 0.419. The number of nitrogens with one attached hydrogen (secondary N) is 2. The van der Waals surface area contributed by atoms with E-state index in [4.69, 9.17) is 10.5 Å². The summed E-state index contributed by atoms with van der Waals surface area (Å²) >= 11 is 0. The number of hydrogen-bond acceptors (Lipinski definition) is 6. The highest BCUT2D eigenvalue weighted by Gasteiger charge is 2.08. The molecule has 30 heavy (non-hydrogen) atoms. The number of ether oxygens (including phenoxy) is 1. The molecule has 8 nitrogen and oxygen atoms in total. The predicted molar refractivity (Wildman–Crippen MR) is 115 cm³/mol. The minimum absolute atomic E-state index is 0. The molecule has 1 aromatic carbocycles. The summed E-state index contributed by atoms with van der Waals surface area (Å²) < 4.78 is 5.68. The first kappa shape index (κ1) is 21.2. The Labute approximate surface area is 179 Å². The third kappa shape index (κ3) is 5.11. The van der Waals surface area contributed by atoms with E-state index in [1.54, 1.807) is 24.4 Å². The van der Waals surface area contributed by atoms with Gasteiger partial charge < -0.3 is 20.8 Å². The fourth-order valence-corrected chi connectivity index (χ4v) is 2.91. The molecule has 3 aromatic heterocycles. The summed E-state index contributed by atoms with van der Waals surface area (Å²) in [6.07, 6.45) is 3.15. The molecular weight excluding hydrogens is 404 g/mol. The summed E-state index contributed by atoms with van der Waals surface area (Å²) in [5.74, 6) is 0.286. The average Bonchev–Trinajstić information content (AvgIpc) is 3.19. The summed E-state index contributed by atoms with van der Waals surface area (Å²) in [6.45, 7) is 0.996. The number of benzene rings is 1. The second kappa shape index (κ2) is 9.82. The normalized spacial score (nSPS) is 10.4. The lowest BCUT2D eigenvalue weighted by molar-refractivity contribution is 0.0950. The summed E-state index contributed by atoms with van der Waals surface area (Å²) in [4.78, 5) is 28.1. The second-order valence-electron chi connectivity index (χ2n) is 6.46. The number of rotatable bonds is 7. The fraction of sp³-hybridized carbons (Fsp3) is 0.143. The molecule has 0 unspecified atom stereocenters. The Balaban J connectivity index is 0.00000256. The van der Waals surface area contributed by atoms with Crippen LogP contribution in [0, 0.1) is 0 Å². The second-order valence-corrected chi connectivity index (χ2v) is 6.46. The first-order valence-electron chi connectivity index (χ1n) is 9.15. The number of nitrogens with two attached hydrogens (primary N) is 1. The van der Waals surface area contributed by atoms with E-state index in [-0.39, 0.29) is 24.9 Å². The van der Waals surface area contributed by atoms with Gasteiger partial charge in [-0.3, -0.25) is 4.79 Å². The fourth-order valence-electron chi connectivity index (χ4n) is 2.91. The zero-order valence-electron chi connectivity index (χ0n) is 16.0. The maximum atomic E-state index is 12.5. The number of H-pyrrole nitrogens is 1. The molecule has 4 aromatic rings. The van der Waals surface area contributed by atoms with Crippen LogP contribution >= 0.6 is 12.4 Å². The van der Waals surface area contributed by atoms with Crippen LogP contribution in [0.1, 0.15) is 27.3 Å². The minimum Gasteiger partial charge on any atom is -0.473 e. The van der Waals surface area contributed by atoms with Gasteiger partial charge in [0.15, 0.2) is 0 Å². The van der Waals surface area contributed by atoms with E-state index in [2.05, 4.69) is 25.3 Å². The van der Waals surface area contributed by atoms with Crippen molar-refractivity contribution in [3.63, 3.8) is 0 Å². The van der Waals surface area contributed by atoms with Crippen molar-refractivity contribution in [1.29, 1.82) is 0 Å². The van der Waals surface area contributed by atoms with Gasteiger partial charge >= 0.3 is 0 Å². The molecule has 3 heterocycles. The number of hydrogen-bond donors (Lipinski definition) is 3. The third-order valence-electron chi connectivity index (χ3n) is 4.37. The summed E-state index contributed by atoms with van der Waals surface area (Å²) in [7, 11) is 0. The zero-order valence-corrected chi connectivity index (χ0v) is 16.9. The number of aromatic nitrogens is 4. The first-order chi connectivity index (χ1) is 14.2. The highest BCUT2D eigenvalue weighted by Crippen LogP contribution is 2.13. The van der Waals surface area contributed by atoms with Crippen LogP contribution in [0.3, 0.4) is 0 Å². The number of halogens is 1. The Hall–Kier alpha value is -3.49. The molecule has 0 fully saturated rings. The molecule has 0 spiro atoms. The van der Waals surface area contributed by atoms with Crippen molar-refractivity contribution in [2.24, 2.45) is 5.73 Å². The van der Waals surface area contributed by atoms with Gasteiger partial charge in [0.1, 0.15) is 18.6 Å². The van der Waals surface area contributed by atoms with Crippen LogP contribution in [-0.2, 0) is 19.7 Å². The molecular formula is C21H21ClN6O2. The number of fused-ring (bicyclic) bond motifs is 1. The van der Waals surface area contributed by atoms with Crippen molar-refractivity contribution in [2.45, 2.75) is 19.7 Å². The van der Waals surface area contributed by atoms with Crippen LogP contribution < -0.4 is 15.8 Å². The van der Waals surface area contributed by atoms with Gasteiger partial charge in [-0.2, -0.15) is 0 Å². The Kier molecular flexibility index (Phi) is 6.95. The maximum absolute atomic E-state index is 12.5. The Bertz CT molecular complexity index is 1110. The number of nitrogens with zero attached hydrogens (tertiary/aromatic N) is 3. The molecule has 4 rings (SSSR count). The maximum Gasteiger partial charge on any atom is 0.251 e. The molecule has 0 saturated heterocycles. The van der Waals surface area contributed by atoms with Gasteiger partial charge in [-0.15, -0.1) is 12.4 Å². The molecule has 4 N–H and O–H groups in total. The number of pyridine rings is 1. The molecule has 0 saturated carbocycles.